The molecule has 12 aromatic rings. The zero-order valence-corrected chi connectivity index (χ0v) is 33.2. The maximum absolute atomic E-state index is 15.4. The van der Waals surface area contributed by atoms with Gasteiger partial charge in [0.25, 0.3) is 11.8 Å². The monoisotopic (exact) mass is 794 g/mol. The third-order valence-electron chi connectivity index (χ3n) is 12.7. The van der Waals surface area contributed by atoms with Crippen LogP contribution in [0.4, 0.5) is 5.69 Å². The van der Waals surface area contributed by atoms with Crippen LogP contribution in [0.25, 0.3) is 93.6 Å². The lowest BCUT2D eigenvalue weighted by Gasteiger charge is -2.15. The van der Waals surface area contributed by atoms with Gasteiger partial charge in [-0.25, -0.2) is 4.90 Å². The molecule has 0 atom stereocenters. The third-order valence-corrected chi connectivity index (χ3v) is 12.7. The van der Waals surface area contributed by atoms with E-state index < -0.39 is 0 Å². The number of carbonyl (C=O) groups is 2. The first-order chi connectivity index (χ1) is 30.7. The summed E-state index contributed by atoms with van der Waals surface area (Å²) in [7, 11) is 0. The molecule has 0 fully saturated rings. The second-order valence-electron chi connectivity index (χ2n) is 16.0. The molecule has 6 heteroatoms. The van der Waals surface area contributed by atoms with Crippen molar-refractivity contribution in [3.05, 3.63) is 217 Å². The highest BCUT2D eigenvalue weighted by atomic mass is 16.2. The highest BCUT2D eigenvalue weighted by Crippen LogP contribution is 2.49. The van der Waals surface area contributed by atoms with Crippen LogP contribution in [0.1, 0.15) is 20.7 Å². The molecule has 0 N–H and O–H groups in total. The van der Waals surface area contributed by atoms with E-state index in [1.54, 1.807) is 0 Å². The molecule has 13 rings (SSSR count). The van der Waals surface area contributed by atoms with Crippen molar-refractivity contribution in [1.29, 1.82) is 0 Å². The van der Waals surface area contributed by atoms with E-state index in [1.165, 1.54) is 10.3 Å². The third kappa shape index (κ3) is 4.69. The molecule has 2 amide bonds. The van der Waals surface area contributed by atoms with Crippen LogP contribution in [-0.2, 0) is 0 Å². The number of aromatic nitrogens is 3. The van der Waals surface area contributed by atoms with E-state index in [-0.39, 0.29) is 11.8 Å². The van der Waals surface area contributed by atoms with Crippen LogP contribution in [0, 0.1) is 0 Å². The Morgan fingerprint density at radius 3 is 1.18 bits per heavy atom. The van der Waals surface area contributed by atoms with Gasteiger partial charge in [-0.2, -0.15) is 0 Å². The maximum Gasteiger partial charge on any atom is 0.268 e. The van der Waals surface area contributed by atoms with Crippen molar-refractivity contribution >= 4 is 82.9 Å². The number of hydrogen-bond donors (Lipinski definition) is 0. The Bertz CT molecular complexity index is 3670. The smallest absolute Gasteiger partial charge is 0.268 e. The average Bonchev–Trinajstić information content (AvgIpc) is 4.04. The van der Waals surface area contributed by atoms with Gasteiger partial charge in [-0.3, -0.25) is 9.59 Å². The molecule has 0 unspecified atom stereocenters. The lowest BCUT2D eigenvalue weighted by atomic mass is 9.98. The number of carbonyl (C=O) groups excluding carboxylic acids is 2. The molecule has 0 aliphatic carbocycles. The van der Waals surface area contributed by atoms with Crippen LogP contribution in [0.2, 0.25) is 0 Å². The Morgan fingerprint density at radius 1 is 0.290 bits per heavy atom. The number of fused-ring (bicyclic) bond motifs is 13. The molecule has 3 aromatic heterocycles. The van der Waals surface area contributed by atoms with Gasteiger partial charge in [-0.1, -0.05) is 127 Å². The van der Waals surface area contributed by atoms with Crippen molar-refractivity contribution < 1.29 is 9.59 Å². The number of para-hydroxylation sites is 6. The minimum atomic E-state index is -0.343. The van der Waals surface area contributed by atoms with Crippen molar-refractivity contribution in [2.75, 3.05) is 4.90 Å². The summed E-state index contributed by atoms with van der Waals surface area (Å²) in [6, 6.07) is 70.3. The Hall–Kier alpha value is -8.48. The quantitative estimate of drug-likeness (QED) is 0.163. The zero-order valence-electron chi connectivity index (χ0n) is 33.2. The minimum absolute atomic E-state index is 0.343. The Balaban J connectivity index is 1.03. The first kappa shape index (κ1) is 34.4. The molecular formula is C56H34N4O2. The number of anilines is 1. The first-order valence-corrected chi connectivity index (χ1v) is 20.9. The summed E-state index contributed by atoms with van der Waals surface area (Å²) in [5, 5.41) is 6.26. The molecular weight excluding hydrogens is 761 g/mol. The SMILES string of the molecule is O=C1c2c(c3c(c4ccccc4n3-c3ccccc3)c3c4ccccc4n(-c4ccccc4)c23)C(=O)N1c1ccc(-c2ccc3c(c2)c2ccccc2n3-c2ccccc2)cc1. The molecule has 6 nitrogen and oxygen atoms in total. The van der Waals surface area contributed by atoms with E-state index in [4.69, 9.17) is 0 Å². The summed E-state index contributed by atoms with van der Waals surface area (Å²) < 4.78 is 6.64. The van der Waals surface area contributed by atoms with E-state index in [0.29, 0.717) is 16.8 Å². The van der Waals surface area contributed by atoms with Gasteiger partial charge in [0.1, 0.15) is 0 Å². The normalized spacial score (nSPS) is 12.9. The summed E-state index contributed by atoms with van der Waals surface area (Å²) >= 11 is 0. The van der Waals surface area contributed by atoms with Crippen molar-refractivity contribution in [3.8, 4) is 28.2 Å². The van der Waals surface area contributed by atoms with E-state index in [0.717, 1.165) is 88.2 Å². The zero-order chi connectivity index (χ0) is 41.1. The van der Waals surface area contributed by atoms with Crippen LogP contribution >= 0.6 is 0 Å². The van der Waals surface area contributed by atoms with Crippen molar-refractivity contribution in [3.63, 3.8) is 0 Å². The molecule has 1 aliphatic rings. The number of hydrogen-bond acceptors (Lipinski definition) is 2. The molecule has 9 aromatic carbocycles. The maximum atomic E-state index is 15.4. The standard InChI is InChI=1S/C56H34N4O2/c61-55-51-52(56(62)60(55)40-31-28-35(29-32-40)36-30-33-48-44(34-36)41-22-10-13-25-45(41)57(48)37-16-4-1-5-17-37)54-50(43-24-12-15-27-47(43)59(54)39-20-8-3-9-21-39)49-42-23-11-14-26-46(42)58(53(49)51)38-18-6-2-7-19-38/h1-34H. The molecule has 0 saturated heterocycles. The summed E-state index contributed by atoms with van der Waals surface area (Å²) in [5.74, 6) is -0.686. The molecule has 1 aliphatic heterocycles. The Labute approximate surface area is 355 Å². The lowest BCUT2D eigenvalue weighted by Crippen LogP contribution is -2.29. The lowest BCUT2D eigenvalue weighted by molar-refractivity contribution is 0.0927. The van der Waals surface area contributed by atoms with Gasteiger partial charge in [0, 0.05) is 49.4 Å². The topological polar surface area (TPSA) is 52.2 Å². The Kier molecular flexibility index (Phi) is 7.22. The van der Waals surface area contributed by atoms with E-state index in [1.807, 2.05) is 91.0 Å². The number of benzene rings is 9. The second-order valence-corrected chi connectivity index (χ2v) is 16.0. The fourth-order valence-corrected chi connectivity index (χ4v) is 10.2. The first-order valence-electron chi connectivity index (χ1n) is 20.9. The van der Waals surface area contributed by atoms with Gasteiger partial charge in [0.2, 0.25) is 0 Å². The summed E-state index contributed by atoms with van der Waals surface area (Å²) in [4.78, 5) is 32.2. The number of rotatable bonds is 5. The molecule has 62 heavy (non-hydrogen) atoms. The van der Waals surface area contributed by atoms with Crippen LogP contribution in [0.5, 0.6) is 0 Å². The largest absolute Gasteiger partial charge is 0.309 e. The molecule has 0 radical (unpaired) electrons. The van der Waals surface area contributed by atoms with Crippen LogP contribution in [0.3, 0.4) is 0 Å². The van der Waals surface area contributed by atoms with E-state index in [9.17, 15) is 0 Å². The average molecular weight is 795 g/mol. The van der Waals surface area contributed by atoms with E-state index in [2.05, 4.69) is 129 Å². The summed E-state index contributed by atoms with van der Waals surface area (Å²) in [6.07, 6.45) is 0. The van der Waals surface area contributed by atoms with E-state index >= 15 is 9.59 Å². The van der Waals surface area contributed by atoms with Crippen LogP contribution in [0.15, 0.2) is 206 Å². The minimum Gasteiger partial charge on any atom is -0.309 e. The fourth-order valence-electron chi connectivity index (χ4n) is 10.2. The van der Waals surface area contributed by atoms with Gasteiger partial charge in [-0.05, 0) is 90.0 Å². The number of nitrogens with zero attached hydrogens (tertiary/aromatic N) is 4. The molecule has 290 valence electrons. The van der Waals surface area contributed by atoms with Crippen molar-refractivity contribution in [2.45, 2.75) is 0 Å². The van der Waals surface area contributed by atoms with Crippen LogP contribution in [-0.4, -0.2) is 25.5 Å². The summed E-state index contributed by atoms with van der Waals surface area (Å²) in [6.45, 7) is 0. The van der Waals surface area contributed by atoms with Gasteiger partial charge < -0.3 is 13.7 Å². The van der Waals surface area contributed by atoms with Crippen LogP contribution < -0.4 is 4.90 Å². The van der Waals surface area contributed by atoms with Gasteiger partial charge in [0.05, 0.1) is 49.9 Å². The predicted molar refractivity (Wildman–Crippen MR) is 252 cm³/mol. The molecule has 0 bridgehead atoms. The number of amides is 2. The highest BCUT2D eigenvalue weighted by Gasteiger charge is 2.43. The van der Waals surface area contributed by atoms with Gasteiger partial charge in [-0.15, -0.1) is 0 Å². The molecule has 0 saturated carbocycles. The Morgan fingerprint density at radius 2 is 0.677 bits per heavy atom. The second kappa shape index (κ2) is 13.0. The fraction of sp³-hybridized carbons (Fsp3) is 0. The molecule has 0 spiro atoms. The number of imide groups is 1. The predicted octanol–water partition coefficient (Wildman–Crippen LogP) is 13.4. The van der Waals surface area contributed by atoms with Crippen molar-refractivity contribution in [2.24, 2.45) is 0 Å². The van der Waals surface area contributed by atoms with Crippen molar-refractivity contribution in [1.82, 2.24) is 13.7 Å². The highest BCUT2D eigenvalue weighted by molar-refractivity contribution is 6.45. The van der Waals surface area contributed by atoms with Gasteiger partial charge >= 0.3 is 0 Å². The summed E-state index contributed by atoms with van der Waals surface area (Å²) in [5.41, 5.74) is 12.0. The molecule has 4 heterocycles. The van der Waals surface area contributed by atoms with Gasteiger partial charge in [0.15, 0.2) is 0 Å².